The van der Waals surface area contributed by atoms with E-state index in [1.165, 1.54) is 33.4 Å². The molecule has 4 rings (SSSR count). The largest absolute Gasteiger partial charge is 0.491 e. The number of nitrogens with one attached hydrogen (secondary N) is 4. The molecule has 2 atom stereocenters. The predicted octanol–water partition coefficient (Wildman–Crippen LogP) is 9.59. The highest BCUT2D eigenvalue weighted by molar-refractivity contribution is 7.80. The molecule has 0 spiro atoms. The second-order valence-electron chi connectivity index (χ2n) is 14.0. The van der Waals surface area contributed by atoms with Crippen LogP contribution in [0, 0.1) is 27.7 Å². The molecule has 57 heavy (non-hydrogen) atoms. The summed E-state index contributed by atoms with van der Waals surface area (Å²) in [7, 11) is 7.93. The molecule has 4 aromatic rings. The fraction of sp³-hybridized carbons (Fsp3) is 0.409. The van der Waals surface area contributed by atoms with Gasteiger partial charge in [0.15, 0.2) is 10.2 Å². The van der Waals surface area contributed by atoms with E-state index in [0.717, 1.165) is 48.8 Å². The zero-order valence-corrected chi connectivity index (χ0v) is 39.3. The van der Waals surface area contributed by atoms with Gasteiger partial charge in [0.2, 0.25) is 0 Å². The molecule has 0 aliphatic heterocycles. The van der Waals surface area contributed by atoms with Gasteiger partial charge >= 0.3 is 0 Å². The average Bonchev–Trinajstić information content (AvgIpc) is 3.16. The zero-order valence-electron chi connectivity index (χ0n) is 35.2. The van der Waals surface area contributed by atoms with Crippen molar-refractivity contribution in [2.24, 2.45) is 0 Å². The van der Waals surface area contributed by atoms with Crippen molar-refractivity contribution in [2.45, 2.75) is 66.5 Å². The van der Waals surface area contributed by atoms with Crippen LogP contribution in [0.25, 0.3) is 0 Å². The van der Waals surface area contributed by atoms with E-state index in [0.29, 0.717) is 35.5 Å². The number of hydrogen-bond donors (Lipinski definition) is 4. The molecule has 8 nitrogen and oxygen atoms in total. The summed E-state index contributed by atoms with van der Waals surface area (Å²) in [6.07, 6.45) is 2.00. The number of likely N-dealkylation sites (N-methyl/N-ethyl adjacent to an activating group) is 2. The van der Waals surface area contributed by atoms with Crippen LogP contribution in [0.4, 0.5) is 11.4 Å². The van der Waals surface area contributed by atoms with Gasteiger partial charge in [-0.1, -0.05) is 60.7 Å². The van der Waals surface area contributed by atoms with Gasteiger partial charge in [-0.2, -0.15) is 0 Å². The summed E-state index contributed by atoms with van der Waals surface area (Å²) in [5.74, 6) is 2.03. The van der Waals surface area contributed by atoms with Gasteiger partial charge in [0.05, 0.1) is 0 Å². The van der Waals surface area contributed by atoms with Gasteiger partial charge in [0.1, 0.15) is 24.7 Å². The highest BCUT2D eigenvalue weighted by Gasteiger charge is 2.13. The molecule has 4 N–H and O–H groups in total. The van der Waals surface area contributed by atoms with Crippen LogP contribution >= 0.6 is 61.7 Å². The van der Waals surface area contributed by atoms with E-state index in [2.05, 4.69) is 172 Å². The van der Waals surface area contributed by atoms with Gasteiger partial charge in [-0.25, -0.2) is 0 Å². The maximum Gasteiger partial charge on any atom is 0.170 e. The minimum absolute atomic E-state index is 0. The molecule has 0 bridgehead atoms. The number of ether oxygens (including phenoxy) is 2. The highest BCUT2D eigenvalue weighted by atomic mass is 35.5. The number of benzene rings is 4. The highest BCUT2D eigenvalue weighted by Crippen LogP contribution is 2.24. The Morgan fingerprint density at radius 3 is 1.12 bits per heavy atom. The SMILES string of the molecule is CNC(=S)Nc1ccc(CCN(C)C(C)COc2c(C)cccc2C)cc1.CNC(=S)Nc1ccc(CCN(C)C(C)COc2c(C)cccc2C)cc1.Cl.Cl.Cl. The minimum atomic E-state index is 0. The van der Waals surface area contributed by atoms with E-state index in [9.17, 15) is 0 Å². The second kappa shape index (κ2) is 28.1. The van der Waals surface area contributed by atoms with Crippen molar-refractivity contribution in [3.8, 4) is 11.5 Å². The third-order valence-electron chi connectivity index (χ3n) is 9.64. The van der Waals surface area contributed by atoms with Gasteiger partial charge in [0, 0.05) is 50.6 Å². The fourth-order valence-electron chi connectivity index (χ4n) is 5.66. The molecule has 13 heteroatoms. The molecule has 0 heterocycles. The quantitative estimate of drug-likeness (QED) is 0.0819. The summed E-state index contributed by atoms with van der Waals surface area (Å²) in [5, 5.41) is 13.3. The molecule has 0 saturated carbocycles. The van der Waals surface area contributed by atoms with E-state index in [-0.39, 0.29) is 37.2 Å². The number of rotatable bonds is 16. The van der Waals surface area contributed by atoms with Crippen molar-refractivity contribution in [2.75, 3.05) is 65.1 Å². The molecule has 0 aliphatic rings. The minimum Gasteiger partial charge on any atom is -0.491 e. The molecule has 0 saturated heterocycles. The van der Waals surface area contributed by atoms with Crippen LogP contribution in [0.1, 0.15) is 47.2 Å². The Bertz CT molecular complexity index is 1600. The Balaban J connectivity index is 0.00000105. The number of hydrogen-bond acceptors (Lipinski definition) is 6. The molecule has 4 aromatic carbocycles. The van der Waals surface area contributed by atoms with Gasteiger partial charge in [0.25, 0.3) is 0 Å². The lowest BCUT2D eigenvalue weighted by Crippen LogP contribution is -2.35. The summed E-state index contributed by atoms with van der Waals surface area (Å²) in [5.41, 5.74) is 9.39. The van der Waals surface area contributed by atoms with Crippen molar-refractivity contribution in [3.05, 3.63) is 118 Å². The Kier molecular flexibility index (Phi) is 26.5. The summed E-state index contributed by atoms with van der Waals surface area (Å²) in [4.78, 5) is 4.69. The molecular formula is C44H65Cl3N6O2S2. The summed E-state index contributed by atoms with van der Waals surface area (Å²) in [6, 6.07) is 30.0. The summed E-state index contributed by atoms with van der Waals surface area (Å²) in [6.45, 7) is 16.1. The number of aryl methyl sites for hydroxylation is 4. The molecule has 0 aliphatic carbocycles. The Labute approximate surface area is 372 Å². The normalized spacial score (nSPS) is 11.3. The van der Waals surface area contributed by atoms with E-state index >= 15 is 0 Å². The average molecular weight is 881 g/mol. The first-order chi connectivity index (χ1) is 25.8. The maximum atomic E-state index is 6.10. The van der Waals surface area contributed by atoms with E-state index in [4.69, 9.17) is 33.9 Å². The van der Waals surface area contributed by atoms with Crippen LogP contribution in [-0.2, 0) is 12.8 Å². The lowest BCUT2D eigenvalue weighted by molar-refractivity contribution is 0.173. The monoisotopic (exact) mass is 878 g/mol. The first-order valence-corrected chi connectivity index (χ1v) is 19.6. The lowest BCUT2D eigenvalue weighted by atomic mass is 10.1. The number of anilines is 2. The predicted molar refractivity (Wildman–Crippen MR) is 260 cm³/mol. The second-order valence-corrected chi connectivity index (χ2v) is 14.8. The van der Waals surface area contributed by atoms with Crippen molar-refractivity contribution < 1.29 is 9.47 Å². The third-order valence-corrected chi connectivity index (χ3v) is 10.3. The van der Waals surface area contributed by atoms with Gasteiger partial charge in [-0.15, -0.1) is 37.2 Å². The molecule has 0 aromatic heterocycles. The molecule has 316 valence electrons. The van der Waals surface area contributed by atoms with E-state index in [1.807, 2.05) is 14.1 Å². The molecule has 0 radical (unpaired) electrons. The summed E-state index contributed by atoms with van der Waals surface area (Å²) < 4.78 is 12.2. The molecule has 0 amide bonds. The van der Waals surface area contributed by atoms with Gasteiger partial charge in [-0.05, 0) is 151 Å². The smallest absolute Gasteiger partial charge is 0.170 e. The molecular weight excluding hydrogens is 815 g/mol. The Morgan fingerprint density at radius 1 is 0.544 bits per heavy atom. The maximum absolute atomic E-state index is 6.10. The number of halogens is 3. The topological polar surface area (TPSA) is 73.1 Å². The molecule has 0 fully saturated rings. The summed E-state index contributed by atoms with van der Waals surface area (Å²) >= 11 is 10.2. The van der Waals surface area contributed by atoms with E-state index in [1.54, 1.807) is 0 Å². The van der Waals surface area contributed by atoms with E-state index < -0.39 is 0 Å². The van der Waals surface area contributed by atoms with Crippen LogP contribution in [0.5, 0.6) is 11.5 Å². The number of nitrogens with zero attached hydrogens (tertiary/aromatic N) is 2. The molecule has 2 unspecified atom stereocenters. The standard InChI is InChI=1S/2C22H31N3OS.3ClH/c2*1-16-7-6-8-17(2)21(16)26-15-18(3)25(5)14-13-19-9-11-20(12-10-19)24-22(27)23-4;;;/h2*6-12,18H,13-15H2,1-5H3,(H2,23,24,27);3*1H. The van der Waals surface area contributed by atoms with Gasteiger partial charge in [-0.3, -0.25) is 9.80 Å². The first kappa shape index (κ1) is 53.6. The number of para-hydroxylation sites is 2. The first-order valence-electron chi connectivity index (χ1n) is 18.7. The van der Waals surface area contributed by atoms with Gasteiger partial charge < -0.3 is 30.7 Å². The van der Waals surface area contributed by atoms with Crippen LogP contribution in [-0.4, -0.2) is 86.6 Å². The Morgan fingerprint density at radius 2 is 0.842 bits per heavy atom. The van der Waals surface area contributed by atoms with Crippen LogP contribution in [0.3, 0.4) is 0 Å². The van der Waals surface area contributed by atoms with Crippen molar-refractivity contribution in [1.29, 1.82) is 0 Å². The van der Waals surface area contributed by atoms with Crippen molar-refractivity contribution in [3.63, 3.8) is 0 Å². The fourth-order valence-corrected chi connectivity index (χ4v) is 5.90. The van der Waals surface area contributed by atoms with Crippen LogP contribution in [0.2, 0.25) is 0 Å². The van der Waals surface area contributed by atoms with Crippen molar-refractivity contribution in [1.82, 2.24) is 20.4 Å². The lowest BCUT2D eigenvalue weighted by Gasteiger charge is -2.25. The number of thiocarbonyl (C=S) groups is 2. The zero-order chi connectivity index (χ0) is 39.6. The van der Waals surface area contributed by atoms with Crippen molar-refractivity contribution >= 4 is 83.3 Å². The third kappa shape index (κ3) is 18.8. The van der Waals surface area contributed by atoms with Crippen LogP contribution in [0.15, 0.2) is 84.9 Å². The Hall–Kier alpha value is -3.35. The van der Waals surface area contributed by atoms with Crippen LogP contribution < -0.4 is 30.7 Å².